The number of thiocarbonyl (C=S) groups is 1. The zero-order valence-electron chi connectivity index (χ0n) is 19.4. The Morgan fingerprint density at radius 2 is 1.89 bits per heavy atom. The Kier molecular flexibility index (Phi) is 9.53. The molecule has 1 heterocycles. The Morgan fingerprint density at radius 1 is 1.14 bits per heavy atom. The minimum Gasteiger partial charge on any atom is -0.497 e. The third kappa shape index (κ3) is 7.36. The average molecular weight is 529 g/mol. The van der Waals surface area contributed by atoms with Crippen LogP contribution in [-0.2, 0) is 9.59 Å². The lowest BCUT2D eigenvalue weighted by molar-refractivity contribution is -0.384. The van der Waals surface area contributed by atoms with Gasteiger partial charge in [-0.3, -0.25) is 40.2 Å². The van der Waals surface area contributed by atoms with Crippen LogP contribution in [0.1, 0.15) is 41.6 Å². The second kappa shape index (κ2) is 12.8. The van der Waals surface area contributed by atoms with Gasteiger partial charge in [0.25, 0.3) is 17.5 Å². The van der Waals surface area contributed by atoms with E-state index in [1.165, 1.54) is 30.0 Å². The number of carbonyl (C=O) groups excluding carboxylic acids is 3. The maximum atomic E-state index is 12.7. The number of nitrogens with zero attached hydrogens (tertiary/aromatic N) is 2. The van der Waals surface area contributed by atoms with Crippen molar-refractivity contribution < 1.29 is 24.0 Å². The van der Waals surface area contributed by atoms with E-state index in [0.717, 1.165) is 17.4 Å². The SMILES string of the molecule is COc1ccc(C=C2SC(=S)N(CCCCCC(=O)NNC(=O)c3cccc([N+](=O)[O-])c3)C2=O)cc1. The Hall–Kier alpha value is -3.77. The van der Waals surface area contributed by atoms with Gasteiger partial charge in [-0.15, -0.1) is 0 Å². The number of methoxy groups -OCH3 is 1. The molecule has 0 spiro atoms. The molecule has 0 unspecified atom stereocenters. The molecule has 0 radical (unpaired) electrons. The normalized spacial score (nSPS) is 14.1. The number of thioether (sulfide) groups is 1. The van der Waals surface area contributed by atoms with E-state index in [4.69, 9.17) is 17.0 Å². The number of benzene rings is 2. The molecule has 2 aromatic carbocycles. The van der Waals surface area contributed by atoms with Gasteiger partial charge in [0, 0.05) is 30.7 Å². The van der Waals surface area contributed by atoms with Crippen LogP contribution in [0.25, 0.3) is 6.08 Å². The van der Waals surface area contributed by atoms with Gasteiger partial charge < -0.3 is 4.74 Å². The van der Waals surface area contributed by atoms with E-state index in [1.807, 2.05) is 24.3 Å². The highest BCUT2D eigenvalue weighted by Gasteiger charge is 2.31. The average Bonchev–Trinajstić information content (AvgIpc) is 3.14. The van der Waals surface area contributed by atoms with Crippen LogP contribution in [0.2, 0.25) is 0 Å². The van der Waals surface area contributed by atoms with Crippen molar-refractivity contribution >= 4 is 57.8 Å². The molecule has 2 N–H and O–H groups in total. The third-order valence-corrected chi connectivity index (χ3v) is 6.59. The fraction of sp³-hybridized carbons (Fsp3) is 0.250. The molecule has 12 heteroatoms. The van der Waals surface area contributed by atoms with Gasteiger partial charge in [-0.25, -0.2) is 0 Å². The largest absolute Gasteiger partial charge is 0.497 e. The van der Waals surface area contributed by atoms with E-state index in [0.29, 0.717) is 35.0 Å². The van der Waals surface area contributed by atoms with Gasteiger partial charge in [-0.05, 0) is 42.7 Å². The standard InChI is InChI=1S/C24H24N4O6S2/c1-34-19-11-9-16(10-12-19)14-20-23(31)27(24(35)36-20)13-4-2-3-8-21(29)25-26-22(30)17-6-5-7-18(15-17)28(32)33/h5-7,9-12,14-15H,2-4,8,13H2,1H3,(H,25,29)(H,26,30). The molecular formula is C24H24N4O6S2. The summed E-state index contributed by atoms with van der Waals surface area (Å²) in [7, 11) is 1.59. The van der Waals surface area contributed by atoms with Gasteiger partial charge in [0.15, 0.2) is 0 Å². The first kappa shape index (κ1) is 26.8. The predicted molar refractivity (Wildman–Crippen MR) is 140 cm³/mol. The number of ether oxygens (including phenoxy) is 1. The topological polar surface area (TPSA) is 131 Å². The summed E-state index contributed by atoms with van der Waals surface area (Å²) in [5.41, 5.74) is 5.27. The molecule has 0 bridgehead atoms. The summed E-state index contributed by atoms with van der Waals surface area (Å²) in [6.07, 6.45) is 3.86. The molecule has 1 aliphatic rings. The lowest BCUT2D eigenvalue weighted by Gasteiger charge is -2.14. The van der Waals surface area contributed by atoms with Crippen LogP contribution in [0.4, 0.5) is 5.69 Å². The van der Waals surface area contributed by atoms with Crippen LogP contribution in [0.5, 0.6) is 5.75 Å². The van der Waals surface area contributed by atoms with Gasteiger partial charge in [0.05, 0.1) is 16.9 Å². The van der Waals surface area contributed by atoms with Gasteiger partial charge in [-0.2, -0.15) is 0 Å². The van der Waals surface area contributed by atoms with E-state index < -0.39 is 10.8 Å². The zero-order chi connectivity index (χ0) is 26.1. The first-order valence-corrected chi connectivity index (χ1v) is 12.2. The summed E-state index contributed by atoms with van der Waals surface area (Å²) in [6.45, 7) is 0.454. The van der Waals surface area contributed by atoms with Crippen molar-refractivity contribution in [2.45, 2.75) is 25.7 Å². The minimum absolute atomic E-state index is 0.0639. The summed E-state index contributed by atoms with van der Waals surface area (Å²) < 4.78 is 5.64. The Labute approximate surface area is 217 Å². The van der Waals surface area contributed by atoms with Crippen LogP contribution >= 0.6 is 24.0 Å². The van der Waals surface area contributed by atoms with Crippen molar-refractivity contribution in [2.75, 3.05) is 13.7 Å². The number of hydrogen-bond donors (Lipinski definition) is 2. The van der Waals surface area contributed by atoms with Gasteiger partial charge >= 0.3 is 0 Å². The molecule has 188 valence electrons. The number of amides is 3. The van der Waals surface area contributed by atoms with E-state index in [-0.39, 0.29) is 29.5 Å². The first-order chi connectivity index (χ1) is 17.3. The molecule has 1 saturated heterocycles. The summed E-state index contributed by atoms with van der Waals surface area (Å²) in [5.74, 6) is -0.438. The number of hydrazine groups is 1. The summed E-state index contributed by atoms with van der Waals surface area (Å²) in [5, 5.41) is 10.8. The van der Waals surface area contributed by atoms with Gasteiger partial charge in [-0.1, -0.05) is 48.6 Å². The van der Waals surface area contributed by atoms with E-state index >= 15 is 0 Å². The molecule has 0 atom stereocenters. The lowest BCUT2D eigenvalue weighted by Crippen LogP contribution is -2.41. The number of unbranched alkanes of at least 4 members (excludes halogenated alkanes) is 2. The molecule has 3 rings (SSSR count). The van der Waals surface area contributed by atoms with Crippen molar-refractivity contribution in [1.82, 2.24) is 15.8 Å². The molecule has 0 aromatic heterocycles. The molecule has 3 amide bonds. The molecule has 1 aliphatic heterocycles. The smallest absolute Gasteiger partial charge is 0.270 e. The fourth-order valence-electron chi connectivity index (χ4n) is 3.30. The number of hydrogen-bond acceptors (Lipinski definition) is 8. The zero-order valence-corrected chi connectivity index (χ0v) is 21.0. The van der Waals surface area contributed by atoms with E-state index in [9.17, 15) is 24.5 Å². The highest BCUT2D eigenvalue weighted by molar-refractivity contribution is 8.26. The highest BCUT2D eigenvalue weighted by Crippen LogP contribution is 2.33. The predicted octanol–water partition coefficient (Wildman–Crippen LogP) is 3.83. The number of carbonyl (C=O) groups is 3. The number of non-ortho nitro benzene ring substituents is 1. The first-order valence-electron chi connectivity index (χ1n) is 11.0. The van der Waals surface area contributed by atoms with Crippen molar-refractivity contribution in [3.63, 3.8) is 0 Å². The molecular weight excluding hydrogens is 504 g/mol. The minimum atomic E-state index is -0.649. The Morgan fingerprint density at radius 3 is 2.58 bits per heavy atom. The Balaban J connectivity index is 1.37. The summed E-state index contributed by atoms with van der Waals surface area (Å²) >= 11 is 6.62. The molecule has 1 fully saturated rings. The highest BCUT2D eigenvalue weighted by atomic mass is 32.2. The number of nitro groups is 1. The molecule has 0 aliphatic carbocycles. The van der Waals surface area contributed by atoms with Gasteiger partial charge in [0.2, 0.25) is 5.91 Å². The van der Waals surface area contributed by atoms with Crippen LogP contribution in [-0.4, -0.2) is 45.5 Å². The monoisotopic (exact) mass is 528 g/mol. The van der Waals surface area contributed by atoms with Crippen molar-refractivity contribution in [2.24, 2.45) is 0 Å². The lowest BCUT2D eigenvalue weighted by atomic mass is 10.1. The maximum absolute atomic E-state index is 12.7. The molecule has 10 nitrogen and oxygen atoms in total. The molecule has 36 heavy (non-hydrogen) atoms. The van der Waals surface area contributed by atoms with Gasteiger partial charge in [0.1, 0.15) is 10.1 Å². The third-order valence-electron chi connectivity index (χ3n) is 5.21. The summed E-state index contributed by atoms with van der Waals surface area (Å²) in [6, 6.07) is 12.6. The number of rotatable bonds is 10. The van der Waals surface area contributed by atoms with Crippen LogP contribution in [0, 0.1) is 10.1 Å². The number of nitro benzene ring substituents is 1. The van der Waals surface area contributed by atoms with Crippen LogP contribution in [0.3, 0.4) is 0 Å². The van der Waals surface area contributed by atoms with Crippen molar-refractivity contribution in [3.8, 4) is 5.75 Å². The second-order valence-corrected chi connectivity index (χ2v) is 9.40. The Bertz CT molecular complexity index is 1200. The quantitative estimate of drug-likeness (QED) is 0.156. The second-order valence-electron chi connectivity index (χ2n) is 7.73. The van der Waals surface area contributed by atoms with Crippen LogP contribution < -0.4 is 15.6 Å². The fourth-order valence-corrected chi connectivity index (χ4v) is 4.61. The van der Waals surface area contributed by atoms with E-state index in [2.05, 4.69) is 10.9 Å². The van der Waals surface area contributed by atoms with Crippen LogP contribution in [0.15, 0.2) is 53.4 Å². The summed E-state index contributed by atoms with van der Waals surface area (Å²) in [4.78, 5) is 49.1. The molecule has 0 saturated carbocycles. The van der Waals surface area contributed by atoms with Crippen molar-refractivity contribution in [1.29, 1.82) is 0 Å². The number of nitrogens with one attached hydrogen (secondary N) is 2. The maximum Gasteiger partial charge on any atom is 0.270 e. The molecule has 2 aromatic rings. The van der Waals surface area contributed by atoms with Crippen molar-refractivity contribution in [3.05, 3.63) is 74.7 Å². The van der Waals surface area contributed by atoms with E-state index in [1.54, 1.807) is 18.1 Å².